The standard InChI is InChI=1S/C27H45N3O4S/c1-21-17-25(33-5)18-22(2)27(21)35(32)28(3)15-16-34-20-26(31)29(4)24-11-9-23(10-12-24)19-30-13-7-6-8-14-30/h17-18,23-24H,6-16,19-20H2,1-5H3. The van der Waals surface area contributed by atoms with Crippen LogP contribution in [0.3, 0.4) is 0 Å². The van der Waals surface area contributed by atoms with Crippen molar-refractivity contribution in [2.24, 2.45) is 5.92 Å². The van der Waals surface area contributed by atoms with Gasteiger partial charge in [0.1, 0.15) is 23.3 Å². The molecule has 1 atom stereocenters. The lowest BCUT2D eigenvalue weighted by Crippen LogP contribution is -2.43. The number of hydrogen-bond acceptors (Lipinski definition) is 5. The molecule has 1 aromatic rings. The Morgan fingerprint density at radius 1 is 1.06 bits per heavy atom. The molecule has 1 aliphatic heterocycles. The van der Waals surface area contributed by atoms with Crippen molar-refractivity contribution >= 4 is 16.9 Å². The van der Waals surface area contributed by atoms with E-state index in [1.54, 1.807) is 11.4 Å². The quantitative estimate of drug-likeness (QED) is 0.427. The third-order valence-corrected chi connectivity index (χ3v) is 9.37. The molecule has 2 fully saturated rings. The van der Waals surface area contributed by atoms with Crippen molar-refractivity contribution in [2.75, 3.05) is 60.6 Å². The molecule has 1 saturated carbocycles. The fourth-order valence-corrected chi connectivity index (χ4v) is 6.64. The molecule has 0 N–H and O–H groups in total. The van der Waals surface area contributed by atoms with E-state index in [0.717, 1.165) is 40.5 Å². The highest BCUT2D eigenvalue weighted by molar-refractivity contribution is 7.82. The fourth-order valence-electron chi connectivity index (χ4n) is 5.42. The Balaban J connectivity index is 1.36. The van der Waals surface area contributed by atoms with Crippen LogP contribution in [0.4, 0.5) is 0 Å². The normalized spacial score (nSPS) is 22.2. The molecule has 1 unspecified atom stereocenters. The van der Waals surface area contributed by atoms with Crippen molar-refractivity contribution < 1.29 is 18.5 Å². The number of benzene rings is 1. The minimum Gasteiger partial charge on any atom is -0.497 e. The number of hydrogen-bond donors (Lipinski definition) is 0. The summed E-state index contributed by atoms with van der Waals surface area (Å²) in [6.45, 7) is 8.57. The van der Waals surface area contributed by atoms with Crippen molar-refractivity contribution in [1.82, 2.24) is 14.1 Å². The largest absolute Gasteiger partial charge is 0.497 e. The lowest BCUT2D eigenvalue weighted by molar-refractivity contribution is -0.137. The SMILES string of the molecule is COc1cc(C)c(S(=O)N(C)CCOCC(=O)N(C)C2CCC(CN3CCCCC3)CC2)c(C)c1. The van der Waals surface area contributed by atoms with Crippen molar-refractivity contribution in [3.05, 3.63) is 23.3 Å². The topological polar surface area (TPSA) is 62.3 Å². The van der Waals surface area contributed by atoms with Crippen molar-refractivity contribution in [2.45, 2.75) is 69.7 Å². The van der Waals surface area contributed by atoms with Gasteiger partial charge in [-0.2, -0.15) is 0 Å². The Labute approximate surface area is 214 Å². The van der Waals surface area contributed by atoms with E-state index in [1.165, 1.54) is 51.7 Å². The molecule has 1 amide bonds. The first-order chi connectivity index (χ1) is 16.8. The third kappa shape index (κ3) is 8.00. The first kappa shape index (κ1) is 28.1. The molecule has 0 radical (unpaired) electrons. The predicted octanol–water partition coefficient (Wildman–Crippen LogP) is 3.79. The summed E-state index contributed by atoms with van der Waals surface area (Å²) in [7, 11) is 4.07. The first-order valence-electron chi connectivity index (χ1n) is 13.1. The number of nitrogens with zero attached hydrogens (tertiary/aromatic N) is 3. The van der Waals surface area contributed by atoms with Gasteiger partial charge in [0.15, 0.2) is 0 Å². The molecule has 3 rings (SSSR count). The van der Waals surface area contributed by atoms with E-state index in [9.17, 15) is 9.00 Å². The van der Waals surface area contributed by atoms with Gasteiger partial charge in [0, 0.05) is 33.2 Å². The molecule has 1 aliphatic carbocycles. The number of aryl methyl sites for hydroxylation is 2. The maximum atomic E-state index is 13.0. The summed E-state index contributed by atoms with van der Waals surface area (Å²) >= 11 is 0. The minimum absolute atomic E-state index is 0.0371. The lowest BCUT2D eigenvalue weighted by atomic mass is 9.85. The summed E-state index contributed by atoms with van der Waals surface area (Å²) in [6.07, 6.45) is 8.67. The zero-order valence-corrected chi connectivity index (χ0v) is 23.2. The summed E-state index contributed by atoms with van der Waals surface area (Å²) in [5.41, 5.74) is 1.88. The van der Waals surface area contributed by atoms with E-state index in [1.807, 2.05) is 45.0 Å². The van der Waals surface area contributed by atoms with Gasteiger partial charge in [-0.3, -0.25) is 4.79 Å². The van der Waals surface area contributed by atoms with Gasteiger partial charge in [-0.05, 0) is 94.6 Å². The van der Waals surface area contributed by atoms with Crippen molar-refractivity contribution in [3.8, 4) is 5.75 Å². The summed E-state index contributed by atoms with van der Waals surface area (Å²) < 4.78 is 25.8. The zero-order chi connectivity index (χ0) is 25.4. The van der Waals surface area contributed by atoms with Crippen LogP contribution in [0.5, 0.6) is 5.75 Å². The number of carbonyl (C=O) groups excluding carboxylic acids is 1. The Bertz CT molecular complexity index is 828. The minimum atomic E-state index is -1.30. The number of amides is 1. The highest BCUT2D eigenvalue weighted by Crippen LogP contribution is 2.29. The Morgan fingerprint density at radius 2 is 1.69 bits per heavy atom. The Hall–Kier alpha value is -1.48. The van der Waals surface area contributed by atoms with E-state index < -0.39 is 11.0 Å². The van der Waals surface area contributed by atoms with Gasteiger partial charge in [-0.1, -0.05) is 6.42 Å². The second-order valence-corrected chi connectivity index (χ2v) is 11.8. The van der Waals surface area contributed by atoms with E-state index in [2.05, 4.69) is 4.90 Å². The molecular weight excluding hydrogens is 462 g/mol. The van der Waals surface area contributed by atoms with Crippen LogP contribution in [0.25, 0.3) is 0 Å². The molecule has 7 nitrogen and oxygen atoms in total. The maximum Gasteiger partial charge on any atom is 0.248 e. The molecule has 0 spiro atoms. The smallest absolute Gasteiger partial charge is 0.248 e. The van der Waals surface area contributed by atoms with Crippen LogP contribution in [0.1, 0.15) is 56.1 Å². The van der Waals surface area contributed by atoms with Crippen LogP contribution in [-0.2, 0) is 20.5 Å². The number of rotatable bonds is 11. The molecule has 35 heavy (non-hydrogen) atoms. The van der Waals surface area contributed by atoms with E-state index in [0.29, 0.717) is 19.2 Å². The molecule has 1 aromatic carbocycles. The molecule has 1 heterocycles. The summed E-state index contributed by atoms with van der Waals surface area (Å²) in [6, 6.07) is 4.13. The van der Waals surface area contributed by atoms with E-state index in [-0.39, 0.29) is 12.5 Å². The molecular formula is C27H45N3O4S. The van der Waals surface area contributed by atoms with Gasteiger partial charge < -0.3 is 19.3 Å². The second-order valence-electron chi connectivity index (χ2n) is 10.3. The van der Waals surface area contributed by atoms with Crippen LogP contribution in [0, 0.1) is 19.8 Å². The van der Waals surface area contributed by atoms with Gasteiger partial charge in [0.25, 0.3) is 0 Å². The molecule has 8 heteroatoms. The number of ether oxygens (including phenoxy) is 2. The highest BCUT2D eigenvalue weighted by atomic mass is 32.2. The van der Waals surface area contributed by atoms with Crippen LogP contribution in [0.15, 0.2) is 17.0 Å². The number of likely N-dealkylation sites (N-methyl/N-ethyl adjacent to an activating group) is 2. The van der Waals surface area contributed by atoms with Gasteiger partial charge in [-0.25, -0.2) is 8.51 Å². The molecule has 0 aromatic heterocycles. The molecule has 198 valence electrons. The van der Waals surface area contributed by atoms with Crippen molar-refractivity contribution in [1.29, 1.82) is 0 Å². The van der Waals surface area contributed by atoms with Gasteiger partial charge >= 0.3 is 0 Å². The van der Waals surface area contributed by atoms with Crippen LogP contribution < -0.4 is 4.74 Å². The fraction of sp³-hybridized carbons (Fsp3) is 0.741. The monoisotopic (exact) mass is 507 g/mol. The first-order valence-corrected chi connectivity index (χ1v) is 14.2. The predicted molar refractivity (Wildman–Crippen MR) is 141 cm³/mol. The number of methoxy groups -OCH3 is 1. The van der Waals surface area contributed by atoms with Crippen LogP contribution in [0.2, 0.25) is 0 Å². The van der Waals surface area contributed by atoms with Crippen molar-refractivity contribution in [3.63, 3.8) is 0 Å². The van der Waals surface area contributed by atoms with E-state index >= 15 is 0 Å². The molecule has 1 saturated heterocycles. The zero-order valence-electron chi connectivity index (χ0n) is 22.4. The van der Waals surface area contributed by atoms with Gasteiger partial charge in [-0.15, -0.1) is 0 Å². The maximum absolute atomic E-state index is 13.0. The summed E-state index contributed by atoms with van der Waals surface area (Å²) in [4.78, 5) is 18.0. The number of carbonyl (C=O) groups is 1. The lowest BCUT2D eigenvalue weighted by Gasteiger charge is -2.37. The Kier molecular flexibility index (Phi) is 11.0. The molecule has 2 aliphatic rings. The highest BCUT2D eigenvalue weighted by Gasteiger charge is 2.28. The number of likely N-dealkylation sites (tertiary alicyclic amines) is 1. The van der Waals surface area contributed by atoms with Gasteiger partial charge in [0.05, 0.1) is 18.6 Å². The average Bonchev–Trinajstić information content (AvgIpc) is 2.86. The summed E-state index contributed by atoms with van der Waals surface area (Å²) in [5.74, 6) is 1.58. The average molecular weight is 508 g/mol. The van der Waals surface area contributed by atoms with Gasteiger partial charge in [0.2, 0.25) is 5.91 Å². The van der Waals surface area contributed by atoms with Crippen LogP contribution in [-0.4, -0.2) is 90.9 Å². The third-order valence-electron chi connectivity index (χ3n) is 7.63. The molecule has 0 bridgehead atoms. The van der Waals surface area contributed by atoms with E-state index in [4.69, 9.17) is 9.47 Å². The van der Waals surface area contributed by atoms with Crippen LogP contribution >= 0.6 is 0 Å². The second kappa shape index (κ2) is 13.7. The Morgan fingerprint density at radius 3 is 2.29 bits per heavy atom. The summed E-state index contributed by atoms with van der Waals surface area (Å²) in [5, 5.41) is 0. The number of piperidine rings is 1.